The van der Waals surface area contributed by atoms with Crippen LogP contribution in [-0.2, 0) is 22.3 Å². The molecule has 4 heterocycles. The Morgan fingerprint density at radius 2 is 1.92 bits per heavy atom. The number of benzene rings is 1. The molecular formula is C28H29FN6O2. The maximum Gasteiger partial charge on any atom is 0.165 e. The van der Waals surface area contributed by atoms with Gasteiger partial charge in [-0.05, 0) is 62.8 Å². The summed E-state index contributed by atoms with van der Waals surface area (Å²) in [6.07, 6.45) is 9.58. The standard InChI is InChI=1S/C28H29FN6O2/c1-28(2)36-23-16(9-7-14-6-8-15-11-18(29)25(30)34-19(15)10-14)12-21(24(23)37-28)35-20-5-3-4-17(20)22-26(31)32-13-33-27(22)35/h6-11,13,16,21,23-24H,3-5,12H2,1-2H3,(H2,30,34)(H2,31,32,33)/b9-7+/t16-,21+,23+,24-/m0/s1. The number of hydrogen-bond acceptors (Lipinski definition) is 7. The van der Waals surface area contributed by atoms with Crippen molar-refractivity contribution < 1.29 is 13.9 Å². The summed E-state index contributed by atoms with van der Waals surface area (Å²) in [6, 6.07) is 7.23. The van der Waals surface area contributed by atoms with E-state index in [2.05, 4.69) is 31.7 Å². The first-order chi connectivity index (χ1) is 17.8. The largest absolute Gasteiger partial charge is 0.383 e. The van der Waals surface area contributed by atoms with Crippen LogP contribution in [0.25, 0.3) is 28.0 Å². The number of nitrogen functional groups attached to an aromatic ring is 2. The van der Waals surface area contributed by atoms with Crippen LogP contribution >= 0.6 is 0 Å². The molecule has 1 aliphatic heterocycles. The van der Waals surface area contributed by atoms with Crippen LogP contribution in [0, 0.1) is 11.7 Å². The second-order valence-corrected chi connectivity index (χ2v) is 10.8. The summed E-state index contributed by atoms with van der Waals surface area (Å²) in [6.45, 7) is 3.94. The lowest BCUT2D eigenvalue weighted by Crippen LogP contribution is -2.28. The smallest absolute Gasteiger partial charge is 0.165 e. The van der Waals surface area contributed by atoms with Gasteiger partial charge in [0, 0.05) is 17.0 Å². The Morgan fingerprint density at radius 1 is 1.08 bits per heavy atom. The number of ether oxygens (including phenoxy) is 2. The Hall–Kier alpha value is -3.56. The number of anilines is 2. The highest BCUT2D eigenvalue weighted by atomic mass is 19.1. The van der Waals surface area contributed by atoms with Gasteiger partial charge in [-0.1, -0.05) is 24.3 Å². The zero-order valence-corrected chi connectivity index (χ0v) is 20.8. The number of rotatable bonds is 3. The third-order valence-electron chi connectivity index (χ3n) is 8.03. The van der Waals surface area contributed by atoms with E-state index in [1.54, 1.807) is 6.33 Å². The van der Waals surface area contributed by atoms with E-state index in [0.717, 1.165) is 42.3 Å². The van der Waals surface area contributed by atoms with E-state index < -0.39 is 11.6 Å². The van der Waals surface area contributed by atoms with Crippen molar-refractivity contribution in [3.05, 3.63) is 59.3 Å². The molecule has 37 heavy (non-hydrogen) atoms. The van der Waals surface area contributed by atoms with Crippen LogP contribution in [0.4, 0.5) is 16.0 Å². The molecule has 1 aromatic carbocycles. The van der Waals surface area contributed by atoms with E-state index in [1.807, 2.05) is 32.0 Å². The summed E-state index contributed by atoms with van der Waals surface area (Å²) in [7, 11) is 0. The number of aryl methyl sites for hydroxylation is 1. The summed E-state index contributed by atoms with van der Waals surface area (Å²) in [4.78, 5) is 13.2. The minimum atomic E-state index is -0.672. The van der Waals surface area contributed by atoms with Crippen molar-refractivity contribution in [2.75, 3.05) is 11.5 Å². The second kappa shape index (κ2) is 7.97. The van der Waals surface area contributed by atoms with Gasteiger partial charge in [0.1, 0.15) is 23.9 Å². The number of pyridine rings is 1. The molecule has 0 spiro atoms. The number of aromatic nitrogens is 4. The molecule has 4 N–H and O–H groups in total. The van der Waals surface area contributed by atoms with Crippen LogP contribution in [0.2, 0.25) is 0 Å². The van der Waals surface area contributed by atoms with Crippen molar-refractivity contribution in [2.24, 2.45) is 5.92 Å². The maximum atomic E-state index is 13.8. The van der Waals surface area contributed by atoms with Crippen molar-refractivity contribution >= 4 is 39.6 Å². The zero-order valence-electron chi connectivity index (χ0n) is 20.8. The van der Waals surface area contributed by atoms with Crippen molar-refractivity contribution in [1.29, 1.82) is 0 Å². The van der Waals surface area contributed by atoms with Crippen LogP contribution in [0.15, 0.2) is 36.7 Å². The van der Waals surface area contributed by atoms with E-state index in [-0.39, 0.29) is 30.0 Å². The zero-order chi connectivity index (χ0) is 25.5. The molecule has 1 saturated carbocycles. The molecule has 9 heteroatoms. The Labute approximate surface area is 213 Å². The van der Waals surface area contributed by atoms with Gasteiger partial charge in [0.25, 0.3) is 0 Å². The predicted molar refractivity (Wildman–Crippen MR) is 140 cm³/mol. The third kappa shape index (κ3) is 3.52. The minimum Gasteiger partial charge on any atom is -0.383 e. The van der Waals surface area contributed by atoms with Crippen LogP contribution in [-0.4, -0.2) is 37.5 Å². The first-order valence-electron chi connectivity index (χ1n) is 12.8. The van der Waals surface area contributed by atoms with Crippen molar-refractivity contribution in [2.45, 2.75) is 63.6 Å². The average Bonchev–Trinajstić information content (AvgIpc) is 3.58. The molecule has 1 saturated heterocycles. The first-order valence-corrected chi connectivity index (χ1v) is 12.8. The Balaban J connectivity index is 1.27. The minimum absolute atomic E-state index is 0.0705. The van der Waals surface area contributed by atoms with E-state index in [4.69, 9.17) is 20.9 Å². The summed E-state index contributed by atoms with van der Waals surface area (Å²) in [5, 5.41) is 1.71. The predicted octanol–water partition coefficient (Wildman–Crippen LogP) is 4.57. The number of halogens is 1. The SMILES string of the molecule is CC1(C)O[C@@H]2[C@H](O1)[C@@H](/C=C/c1ccc3cc(F)c(N)nc3c1)C[C@H]2n1c2c(c3c(N)ncnc31)CCC2. The van der Waals surface area contributed by atoms with Crippen LogP contribution < -0.4 is 11.5 Å². The van der Waals surface area contributed by atoms with E-state index in [9.17, 15) is 4.39 Å². The number of nitrogens with two attached hydrogens (primary N) is 2. The molecule has 8 nitrogen and oxygen atoms in total. The van der Waals surface area contributed by atoms with Gasteiger partial charge in [0.15, 0.2) is 17.4 Å². The molecule has 3 aromatic heterocycles. The summed E-state index contributed by atoms with van der Waals surface area (Å²) < 4.78 is 29.1. The Bertz CT molecular complexity index is 1600. The quantitative estimate of drug-likeness (QED) is 0.424. The highest BCUT2D eigenvalue weighted by Gasteiger charge is 2.54. The van der Waals surface area contributed by atoms with Gasteiger partial charge in [-0.15, -0.1) is 0 Å². The molecule has 3 aliphatic rings. The molecule has 2 fully saturated rings. The van der Waals surface area contributed by atoms with Crippen LogP contribution in [0.3, 0.4) is 0 Å². The molecule has 0 bridgehead atoms. The molecule has 4 aromatic rings. The Kier molecular flexibility index (Phi) is 4.87. The van der Waals surface area contributed by atoms with Crippen molar-refractivity contribution in [1.82, 2.24) is 19.5 Å². The molecule has 190 valence electrons. The molecule has 7 rings (SSSR count). The Morgan fingerprint density at radius 3 is 2.78 bits per heavy atom. The van der Waals surface area contributed by atoms with Crippen molar-refractivity contribution in [3.63, 3.8) is 0 Å². The van der Waals surface area contributed by atoms with Gasteiger partial charge < -0.3 is 25.5 Å². The fraction of sp³-hybridized carbons (Fsp3) is 0.393. The van der Waals surface area contributed by atoms with Gasteiger partial charge >= 0.3 is 0 Å². The van der Waals surface area contributed by atoms with Gasteiger partial charge in [-0.2, -0.15) is 0 Å². The van der Waals surface area contributed by atoms with Gasteiger partial charge in [0.05, 0.1) is 23.0 Å². The van der Waals surface area contributed by atoms with E-state index >= 15 is 0 Å². The number of nitrogens with zero attached hydrogens (tertiary/aromatic N) is 4. The highest BCUT2D eigenvalue weighted by molar-refractivity contribution is 5.91. The normalized spacial score (nSPS) is 26.5. The topological polar surface area (TPSA) is 114 Å². The van der Waals surface area contributed by atoms with Gasteiger partial charge in [-0.25, -0.2) is 19.3 Å². The van der Waals surface area contributed by atoms with Gasteiger partial charge in [-0.3, -0.25) is 0 Å². The molecular weight excluding hydrogens is 471 g/mol. The van der Waals surface area contributed by atoms with E-state index in [0.29, 0.717) is 16.7 Å². The maximum absolute atomic E-state index is 13.8. The monoisotopic (exact) mass is 500 g/mol. The third-order valence-corrected chi connectivity index (χ3v) is 8.03. The van der Waals surface area contributed by atoms with Crippen molar-refractivity contribution in [3.8, 4) is 0 Å². The molecule has 0 unspecified atom stereocenters. The van der Waals surface area contributed by atoms with Gasteiger partial charge in [0.2, 0.25) is 0 Å². The molecule has 0 radical (unpaired) electrons. The van der Waals surface area contributed by atoms with Crippen LogP contribution in [0.1, 0.15) is 49.6 Å². The molecule has 2 aliphatic carbocycles. The summed E-state index contributed by atoms with van der Waals surface area (Å²) in [5.41, 5.74) is 17.1. The average molecular weight is 501 g/mol. The number of hydrogen-bond donors (Lipinski definition) is 2. The van der Waals surface area contributed by atoms with Crippen LogP contribution in [0.5, 0.6) is 0 Å². The first kappa shape index (κ1) is 22.6. The lowest BCUT2D eigenvalue weighted by Gasteiger charge is -2.25. The summed E-state index contributed by atoms with van der Waals surface area (Å²) >= 11 is 0. The fourth-order valence-electron chi connectivity index (χ4n) is 6.55. The second-order valence-electron chi connectivity index (χ2n) is 10.8. The van der Waals surface area contributed by atoms with E-state index in [1.165, 1.54) is 17.3 Å². The lowest BCUT2D eigenvalue weighted by atomic mass is 10.0. The molecule has 0 amide bonds. The number of fused-ring (bicyclic) bond motifs is 5. The fourth-order valence-corrected chi connectivity index (χ4v) is 6.55. The molecule has 4 atom stereocenters. The lowest BCUT2D eigenvalue weighted by molar-refractivity contribution is -0.158. The highest BCUT2D eigenvalue weighted by Crippen LogP contribution is 2.50. The summed E-state index contributed by atoms with van der Waals surface area (Å²) in [5.74, 6) is -0.593.